The molecule has 1 atom stereocenters. The van der Waals surface area contributed by atoms with Gasteiger partial charge in [0.2, 0.25) is 11.8 Å². The number of benzene rings is 3. The lowest BCUT2D eigenvalue weighted by Crippen LogP contribution is -2.52. The number of hydrogen-bond acceptors (Lipinski definition) is 4. The summed E-state index contributed by atoms with van der Waals surface area (Å²) in [6, 6.07) is 18.2. The second-order valence-corrected chi connectivity index (χ2v) is 12.6. The van der Waals surface area contributed by atoms with Crippen LogP contribution in [0.2, 0.25) is 10.0 Å². The fourth-order valence-corrected chi connectivity index (χ4v) is 5.88. The number of amides is 2. The highest BCUT2D eigenvalue weighted by Crippen LogP contribution is 2.27. The Kier molecular flexibility index (Phi) is 10.2. The molecule has 0 spiro atoms. The fraction of sp³-hybridized carbons (Fsp3) is 0.259. The molecule has 0 aliphatic rings. The SMILES string of the molecule is CC(C)NC(=O)[C@@H](C)N(Cc1cccc(Br)c1)C(=O)CN(c1cccc(Cl)c1)S(=O)(=O)c1ccc(Cl)cc1. The highest BCUT2D eigenvalue weighted by Gasteiger charge is 2.32. The maximum absolute atomic E-state index is 13.8. The highest BCUT2D eigenvalue weighted by molar-refractivity contribution is 9.10. The van der Waals surface area contributed by atoms with Gasteiger partial charge >= 0.3 is 0 Å². The van der Waals surface area contributed by atoms with Gasteiger partial charge in [-0.1, -0.05) is 57.3 Å². The van der Waals surface area contributed by atoms with Crippen LogP contribution in [0.15, 0.2) is 82.2 Å². The lowest BCUT2D eigenvalue weighted by Gasteiger charge is -2.32. The van der Waals surface area contributed by atoms with E-state index in [9.17, 15) is 18.0 Å². The molecule has 0 radical (unpaired) electrons. The number of sulfonamides is 1. The zero-order valence-electron chi connectivity index (χ0n) is 21.1. The van der Waals surface area contributed by atoms with Gasteiger partial charge in [-0.15, -0.1) is 0 Å². The number of carbonyl (C=O) groups is 2. The summed E-state index contributed by atoms with van der Waals surface area (Å²) in [5.41, 5.74) is 0.981. The fourth-order valence-electron chi connectivity index (χ4n) is 3.71. The van der Waals surface area contributed by atoms with Gasteiger partial charge in [0.1, 0.15) is 12.6 Å². The van der Waals surface area contributed by atoms with Gasteiger partial charge in [-0.2, -0.15) is 0 Å². The third kappa shape index (κ3) is 7.72. The van der Waals surface area contributed by atoms with Crippen LogP contribution in [-0.4, -0.2) is 43.8 Å². The van der Waals surface area contributed by atoms with E-state index in [-0.39, 0.29) is 29.1 Å². The Morgan fingerprint density at radius 1 is 0.921 bits per heavy atom. The molecule has 1 N–H and O–H groups in total. The largest absolute Gasteiger partial charge is 0.352 e. The quantitative estimate of drug-likeness (QED) is 0.299. The van der Waals surface area contributed by atoms with Crippen molar-refractivity contribution < 1.29 is 18.0 Å². The van der Waals surface area contributed by atoms with E-state index in [1.54, 1.807) is 25.1 Å². The van der Waals surface area contributed by atoms with Crippen molar-refractivity contribution in [2.75, 3.05) is 10.8 Å². The van der Waals surface area contributed by atoms with Gasteiger partial charge < -0.3 is 10.2 Å². The number of hydrogen-bond donors (Lipinski definition) is 1. The van der Waals surface area contributed by atoms with Crippen LogP contribution in [0, 0.1) is 0 Å². The molecule has 2 amide bonds. The summed E-state index contributed by atoms with van der Waals surface area (Å²) in [5.74, 6) is -0.910. The standard InChI is InChI=1S/C27H28BrCl2N3O4S/c1-18(2)31-27(35)19(3)32(16-20-6-4-7-21(28)14-20)26(34)17-33(24-9-5-8-23(30)15-24)38(36,37)25-12-10-22(29)11-13-25/h4-15,18-19H,16-17H2,1-3H3,(H,31,35)/t19-/m1/s1. The monoisotopic (exact) mass is 639 g/mol. The van der Waals surface area contributed by atoms with E-state index < -0.39 is 28.5 Å². The Morgan fingerprint density at radius 3 is 2.18 bits per heavy atom. The Bertz CT molecular complexity index is 1400. The van der Waals surface area contributed by atoms with E-state index >= 15 is 0 Å². The molecule has 11 heteroatoms. The maximum Gasteiger partial charge on any atom is 0.264 e. The predicted molar refractivity (Wildman–Crippen MR) is 155 cm³/mol. The van der Waals surface area contributed by atoms with Gasteiger partial charge in [0, 0.05) is 27.1 Å². The number of carbonyl (C=O) groups excluding carboxylic acids is 2. The Labute approximate surface area is 241 Å². The lowest BCUT2D eigenvalue weighted by molar-refractivity contribution is -0.139. The van der Waals surface area contributed by atoms with Crippen molar-refractivity contribution in [1.82, 2.24) is 10.2 Å². The van der Waals surface area contributed by atoms with E-state index in [0.717, 1.165) is 14.3 Å². The number of nitrogens with zero attached hydrogens (tertiary/aromatic N) is 2. The van der Waals surface area contributed by atoms with Crippen molar-refractivity contribution in [3.8, 4) is 0 Å². The first kappa shape index (κ1) is 30.0. The van der Waals surface area contributed by atoms with Crippen LogP contribution < -0.4 is 9.62 Å². The Balaban J connectivity index is 2.03. The van der Waals surface area contributed by atoms with Gasteiger partial charge in [0.25, 0.3) is 10.0 Å². The highest BCUT2D eigenvalue weighted by atomic mass is 79.9. The van der Waals surface area contributed by atoms with Crippen LogP contribution in [0.25, 0.3) is 0 Å². The molecule has 3 aromatic carbocycles. The number of rotatable bonds is 10. The molecule has 0 unspecified atom stereocenters. The zero-order chi connectivity index (χ0) is 28.0. The second-order valence-electron chi connectivity index (χ2n) is 8.94. The first-order chi connectivity index (χ1) is 17.9. The van der Waals surface area contributed by atoms with Crippen molar-refractivity contribution in [3.63, 3.8) is 0 Å². The molecular formula is C27H28BrCl2N3O4S. The molecule has 3 rings (SSSR count). The van der Waals surface area contributed by atoms with Gasteiger partial charge in [0.15, 0.2) is 0 Å². The summed E-state index contributed by atoms with van der Waals surface area (Å²) >= 11 is 15.6. The maximum atomic E-state index is 13.8. The average Bonchev–Trinajstić information content (AvgIpc) is 2.85. The molecule has 0 saturated carbocycles. The van der Waals surface area contributed by atoms with E-state index in [2.05, 4.69) is 21.2 Å². The van der Waals surface area contributed by atoms with Crippen molar-refractivity contribution in [1.29, 1.82) is 0 Å². The molecule has 0 bridgehead atoms. The second kappa shape index (κ2) is 13.0. The molecule has 0 saturated heterocycles. The van der Waals surface area contributed by atoms with Crippen LogP contribution >= 0.6 is 39.1 Å². The Morgan fingerprint density at radius 2 is 1.58 bits per heavy atom. The number of nitrogens with one attached hydrogen (secondary N) is 1. The van der Waals surface area contributed by atoms with Gasteiger partial charge in [-0.25, -0.2) is 8.42 Å². The summed E-state index contributed by atoms with van der Waals surface area (Å²) < 4.78 is 29.3. The van der Waals surface area contributed by atoms with Crippen LogP contribution in [-0.2, 0) is 26.2 Å². The molecule has 0 aromatic heterocycles. The van der Waals surface area contributed by atoms with E-state index in [1.807, 2.05) is 38.1 Å². The van der Waals surface area contributed by atoms with Crippen LogP contribution in [0.5, 0.6) is 0 Å². The summed E-state index contributed by atoms with van der Waals surface area (Å²) in [6.45, 7) is 4.80. The van der Waals surface area contributed by atoms with Crippen molar-refractivity contribution in [2.45, 2.75) is 44.3 Å². The third-order valence-electron chi connectivity index (χ3n) is 5.62. The van der Waals surface area contributed by atoms with Crippen LogP contribution in [0.1, 0.15) is 26.3 Å². The number of halogens is 3. The molecular weight excluding hydrogens is 613 g/mol. The minimum atomic E-state index is -4.20. The average molecular weight is 641 g/mol. The normalized spacial score (nSPS) is 12.2. The Hall–Kier alpha value is -2.59. The molecule has 0 aliphatic heterocycles. The van der Waals surface area contributed by atoms with E-state index in [4.69, 9.17) is 23.2 Å². The van der Waals surface area contributed by atoms with Gasteiger partial charge in [-0.05, 0) is 80.9 Å². The van der Waals surface area contributed by atoms with Gasteiger partial charge in [-0.3, -0.25) is 13.9 Å². The van der Waals surface area contributed by atoms with Crippen LogP contribution in [0.3, 0.4) is 0 Å². The van der Waals surface area contributed by atoms with E-state index in [0.29, 0.717) is 10.0 Å². The molecule has 7 nitrogen and oxygen atoms in total. The topological polar surface area (TPSA) is 86.8 Å². The van der Waals surface area contributed by atoms with Crippen molar-refractivity contribution in [2.24, 2.45) is 0 Å². The molecule has 38 heavy (non-hydrogen) atoms. The summed E-state index contributed by atoms with van der Waals surface area (Å²) in [6.07, 6.45) is 0. The molecule has 0 aliphatic carbocycles. The summed E-state index contributed by atoms with van der Waals surface area (Å²) in [7, 11) is -4.20. The number of anilines is 1. The lowest BCUT2D eigenvalue weighted by atomic mass is 10.1. The predicted octanol–water partition coefficient (Wildman–Crippen LogP) is 5.89. The minimum absolute atomic E-state index is 0.0428. The molecule has 0 heterocycles. The van der Waals surface area contributed by atoms with E-state index in [1.165, 1.54) is 35.2 Å². The third-order valence-corrected chi connectivity index (χ3v) is 8.39. The van der Waals surface area contributed by atoms with Crippen molar-refractivity contribution in [3.05, 3.63) is 92.9 Å². The first-order valence-electron chi connectivity index (χ1n) is 11.8. The smallest absolute Gasteiger partial charge is 0.264 e. The summed E-state index contributed by atoms with van der Waals surface area (Å²) in [5, 5.41) is 3.51. The van der Waals surface area contributed by atoms with Crippen LogP contribution in [0.4, 0.5) is 5.69 Å². The minimum Gasteiger partial charge on any atom is -0.352 e. The van der Waals surface area contributed by atoms with Crippen molar-refractivity contribution >= 4 is 66.7 Å². The first-order valence-corrected chi connectivity index (χ1v) is 14.8. The summed E-state index contributed by atoms with van der Waals surface area (Å²) in [4.78, 5) is 28.1. The molecule has 3 aromatic rings. The van der Waals surface area contributed by atoms with Gasteiger partial charge in [0.05, 0.1) is 10.6 Å². The zero-order valence-corrected chi connectivity index (χ0v) is 25.0. The molecule has 202 valence electrons. The molecule has 0 fully saturated rings.